The Balaban J connectivity index is 2.30. The SMILES string of the molecule is C=CCCC(NC(=O)C1C2C(CN1C(=O)C(NC(=O)OC(C)(C)C)C(C)CC)C2(C)C)C(=O)C(=O)NCC=C. The Bertz CT molecular complexity index is 985. The molecule has 39 heavy (non-hydrogen) atoms. The maximum Gasteiger partial charge on any atom is 0.408 e. The Morgan fingerprint density at radius 3 is 2.28 bits per heavy atom. The lowest BCUT2D eigenvalue weighted by molar-refractivity contribution is -0.144. The second kappa shape index (κ2) is 12.8. The summed E-state index contributed by atoms with van der Waals surface area (Å²) in [6, 6.07) is -2.79. The molecule has 0 spiro atoms. The van der Waals surface area contributed by atoms with Gasteiger partial charge in [0.2, 0.25) is 17.6 Å². The fourth-order valence-corrected chi connectivity index (χ4v) is 5.33. The van der Waals surface area contributed by atoms with E-state index in [4.69, 9.17) is 4.74 Å². The van der Waals surface area contributed by atoms with E-state index in [9.17, 15) is 24.0 Å². The molecule has 0 aromatic carbocycles. The Kier molecular flexibility index (Phi) is 10.5. The van der Waals surface area contributed by atoms with Gasteiger partial charge in [0.1, 0.15) is 17.7 Å². The van der Waals surface area contributed by atoms with Crippen LogP contribution in [-0.2, 0) is 23.9 Å². The average Bonchev–Trinajstić information content (AvgIpc) is 3.18. The molecule has 1 saturated carbocycles. The van der Waals surface area contributed by atoms with E-state index in [2.05, 4.69) is 43.0 Å². The van der Waals surface area contributed by atoms with Crippen molar-refractivity contribution in [1.29, 1.82) is 0 Å². The van der Waals surface area contributed by atoms with E-state index < -0.39 is 47.4 Å². The molecule has 0 radical (unpaired) electrons. The van der Waals surface area contributed by atoms with Gasteiger partial charge in [-0.25, -0.2) is 4.79 Å². The van der Waals surface area contributed by atoms with E-state index >= 15 is 0 Å². The standard InChI is InChI=1S/C29H46N4O6/c1-10-13-14-19(23(34)25(36)30-15-11-2)31-24(35)22-20-18(29(20,8)9)16-33(22)26(37)21(17(4)12-3)32-27(38)39-28(5,6)7/h10-11,17-22H,1-2,12-16H2,3-9H3,(H,30,36)(H,31,35)(H,32,38). The van der Waals surface area contributed by atoms with Crippen molar-refractivity contribution < 1.29 is 28.7 Å². The summed E-state index contributed by atoms with van der Waals surface area (Å²) in [4.78, 5) is 66.9. The highest BCUT2D eigenvalue weighted by Crippen LogP contribution is 2.65. The largest absolute Gasteiger partial charge is 0.444 e. The van der Waals surface area contributed by atoms with Crippen LogP contribution in [0, 0.1) is 23.2 Å². The highest BCUT2D eigenvalue weighted by Gasteiger charge is 2.69. The van der Waals surface area contributed by atoms with Crippen LogP contribution >= 0.6 is 0 Å². The van der Waals surface area contributed by atoms with Crippen LogP contribution in [0.5, 0.6) is 0 Å². The van der Waals surface area contributed by atoms with Crippen molar-refractivity contribution in [3.05, 3.63) is 25.3 Å². The van der Waals surface area contributed by atoms with Gasteiger partial charge >= 0.3 is 6.09 Å². The first-order chi connectivity index (χ1) is 18.1. The molecule has 2 fully saturated rings. The highest BCUT2D eigenvalue weighted by atomic mass is 16.6. The fourth-order valence-electron chi connectivity index (χ4n) is 5.33. The predicted molar refractivity (Wildman–Crippen MR) is 148 cm³/mol. The normalized spacial score (nSPS) is 23.4. The summed E-state index contributed by atoms with van der Waals surface area (Å²) in [7, 11) is 0. The third-order valence-corrected chi connectivity index (χ3v) is 7.83. The number of piperidine rings is 1. The number of carbonyl (C=O) groups is 5. The van der Waals surface area contributed by atoms with Crippen molar-refractivity contribution in [2.45, 2.75) is 91.5 Å². The lowest BCUT2D eigenvalue weighted by Crippen LogP contribution is -2.59. The minimum absolute atomic E-state index is 0.106. The summed E-state index contributed by atoms with van der Waals surface area (Å²) >= 11 is 0. The Morgan fingerprint density at radius 2 is 1.74 bits per heavy atom. The summed E-state index contributed by atoms with van der Waals surface area (Å²) < 4.78 is 5.39. The minimum atomic E-state index is -1.07. The topological polar surface area (TPSA) is 134 Å². The van der Waals surface area contributed by atoms with Crippen molar-refractivity contribution in [1.82, 2.24) is 20.9 Å². The number of carbonyl (C=O) groups excluding carboxylic acids is 5. The number of alkyl carbamates (subject to hydrolysis) is 1. The molecule has 10 nitrogen and oxygen atoms in total. The van der Waals surface area contributed by atoms with Crippen LogP contribution in [0.1, 0.15) is 67.7 Å². The summed E-state index contributed by atoms with van der Waals surface area (Å²) in [6.07, 6.45) is 3.59. The molecule has 6 unspecified atom stereocenters. The maximum atomic E-state index is 13.9. The van der Waals surface area contributed by atoms with Crippen LogP contribution in [0.2, 0.25) is 0 Å². The molecule has 1 saturated heterocycles. The Hall–Kier alpha value is -3.17. The average molecular weight is 547 g/mol. The van der Waals surface area contributed by atoms with E-state index in [1.165, 1.54) is 11.0 Å². The quantitative estimate of drug-likeness (QED) is 0.240. The third-order valence-electron chi connectivity index (χ3n) is 7.83. The number of ether oxygens (including phenoxy) is 1. The number of ketones is 1. The second-order valence-corrected chi connectivity index (χ2v) is 12.2. The predicted octanol–water partition coefficient (Wildman–Crippen LogP) is 2.73. The summed E-state index contributed by atoms with van der Waals surface area (Å²) in [5.41, 5.74) is -0.898. The fraction of sp³-hybridized carbons (Fsp3) is 0.690. The number of hydrogen-bond acceptors (Lipinski definition) is 6. The number of rotatable bonds is 13. The number of fused-ring (bicyclic) bond motifs is 1. The van der Waals surface area contributed by atoms with E-state index in [-0.39, 0.29) is 42.0 Å². The molecule has 6 atom stereocenters. The number of allylic oxidation sites excluding steroid dienone is 1. The number of hydrogen-bond donors (Lipinski definition) is 3. The van der Waals surface area contributed by atoms with Crippen LogP contribution in [0.25, 0.3) is 0 Å². The zero-order valence-electron chi connectivity index (χ0n) is 24.5. The number of likely N-dealkylation sites (tertiary alicyclic amines) is 1. The molecule has 3 N–H and O–H groups in total. The van der Waals surface area contributed by atoms with Crippen molar-refractivity contribution in [2.24, 2.45) is 23.2 Å². The van der Waals surface area contributed by atoms with E-state index in [0.29, 0.717) is 19.4 Å². The lowest BCUT2D eigenvalue weighted by Gasteiger charge is -2.35. The van der Waals surface area contributed by atoms with Gasteiger partial charge in [-0.05, 0) is 56.8 Å². The van der Waals surface area contributed by atoms with Crippen LogP contribution in [0.4, 0.5) is 4.79 Å². The van der Waals surface area contributed by atoms with E-state index in [1.807, 2.05) is 13.8 Å². The van der Waals surface area contributed by atoms with Crippen LogP contribution in [0.3, 0.4) is 0 Å². The van der Waals surface area contributed by atoms with Crippen LogP contribution in [0.15, 0.2) is 25.3 Å². The van der Waals surface area contributed by atoms with Gasteiger partial charge in [0.15, 0.2) is 0 Å². The second-order valence-electron chi connectivity index (χ2n) is 12.2. The van der Waals surface area contributed by atoms with Gasteiger partial charge < -0.3 is 25.6 Å². The van der Waals surface area contributed by atoms with Gasteiger partial charge in [0, 0.05) is 13.1 Å². The molecule has 1 aliphatic carbocycles. The van der Waals surface area contributed by atoms with Crippen molar-refractivity contribution >= 4 is 29.6 Å². The number of amides is 4. The number of nitrogens with one attached hydrogen (secondary N) is 3. The molecule has 0 bridgehead atoms. The van der Waals surface area contributed by atoms with Crippen LogP contribution < -0.4 is 16.0 Å². The first-order valence-corrected chi connectivity index (χ1v) is 13.7. The molecule has 2 aliphatic rings. The Labute approximate surface area is 232 Å². The first kappa shape index (κ1) is 32.0. The molecule has 0 aromatic heterocycles. The van der Waals surface area contributed by atoms with Crippen molar-refractivity contribution in [3.63, 3.8) is 0 Å². The maximum absolute atomic E-state index is 13.9. The van der Waals surface area contributed by atoms with Gasteiger partial charge in [-0.1, -0.05) is 46.3 Å². The Morgan fingerprint density at radius 1 is 1.10 bits per heavy atom. The molecular formula is C29H46N4O6. The van der Waals surface area contributed by atoms with Gasteiger partial charge in [-0.2, -0.15) is 0 Å². The molecule has 218 valence electrons. The molecular weight excluding hydrogens is 500 g/mol. The van der Waals surface area contributed by atoms with Crippen molar-refractivity contribution in [2.75, 3.05) is 13.1 Å². The smallest absolute Gasteiger partial charge is 0.408 e. The van der Waals surface area contributed by atoms with Gasteiger partial charge in [-0.15, -0.1) is 13.2 Å². The minimum Gasteiger partial charge on any atom is -0.444 e. The zero-order valence-corrected chi connectivity index (χ0v) is 24.5. The summed E-state index contributed by atoms with van der Waals surface area (Å²) in [5.74, 6) is -2.64. The van der Waals surface area contributed by atoms with E-state index in [1.54, 1.807) is 26.8 Å². The molecule has 1 heterocycles. The molecule has 1 aliphatic heterocycles. The van der Waals surface area contributed by atoms with Gasteiger partial charge in [0.05, 0.1) is 6.04 Å². The number of nitrogens with zero attached hydrogens (tertiary/aromatic N) is 1. The molecule has 10 heteroatoms. The van der Waals surface area contributed by atoms with Crippen LogP contribution in [-0.4, -0.2) is 71.3 Å². The summed E-state index contributed by atoms with van der Waals surface area (Å²) in [5, 5.41) is 7.93. The summed E-state index contributed by atoms with van der Waals surface area (Å²) in [6.45, 7) is 20.8. The molecule has 0 aromatic rings. The monoisotopic (exact) mass is 546 g/mol. The first-order valence-electron chi connectivity index (χ1n) is 13.7. The highest BCUT2D eigenvalue weighted by molar-refractivity contribution is 6.38. The molecule has 2 rings (SSSR count). The number of Topliss-reactive ketones (excluding diaryl/α,β-unsaturated/α-hetero) is 1. The zero-order chi connectivity index (χ0) is 29.7. The lowest BCUT2D eigenvalue weighted by atomic mass is 9.95. The van der Waals surface area contributed by atoms with Gasteiger partial charge in [-0.3, -0.25) is 19.2 Å². The molecule has 4 amide bonds. The van der Waals surface area contributed by atoms with Gasteiger partial charge in [0.25, 0.3) is 5.91 Å². The van der Waals surface area contributed by atoms with Crippen molar-refractivity contribution in [3.8, 4) is 0 Å². The van der Waals surface area contributed by atoms with E-state index in [0.717, 1.165) is 0 Å². The third kappa shape index (κ3) is 7.70.